The molecule has 2 aromatic carbocycles. The molecule has 3 aliphatic heterocycles. The molecule has 4 nitrogen and oxygen atoms in total. The zero-order valence-electron chi connectivity index (χ0n) is 24.6. The van der Waals surface area contributed by atoms with E-state index in [1.54, 1.807) is 12.1 Å². The normalized spacial score (nSPS) is 23.8. The third-order valence-corrected chi connectivity index (χ3v) is 10.3. The van der Waals surface area contributed by atoms with Gasteiger partial charge in [-0.1, -0.05) is 54.3 Å². The Morgan fingerprint density at radius 2 is 1.73 bits per heavy atom. The highest BCUT2D eigenvalue weighted by Crippen LogP contribution is 2.40. The highest BCUT2D eigenvalue weighted by Gasteiger charge is 2.39. The maximum atomic E-state index is 14.6. The molecule has 3 saturated heterocycles. The average Bonchev–Trinajstić information content (AvgIpc) is 3.20. The van der Waals surface area contributed by atoms with E-state index in [1.807, 2.05) is 4.90 Å². The van der Waals surface area contributed by atoms with E-state index < -0.39 is 5.82 Å². The van der Waals surface area contributed by atoms with Crippen LogP contribution in [0.2, 0.25) is 5.02 Å². The molecule has 6 heteroatoms. The van der Waals surface area contributed by atoms with Gasteiger partial charge in [0.05, 0.1) is 6.42 Å². The third kappa shape index (κ3) is 6.91. The van der Waals surface area contributed by atoms with E-state index in [-0.39, 0.29) is 17.7 Å². The smallest absolute Gasteiger partial charge is 0.227 e. The largest absolute Gasteiger partial charge is 0.342 e. The highest BCUT2D eigenvalue weighted by atomic mass is 35.5. The maximum absolute atomic E-state index is 14.6. The highest BCUT2D eigenvalue weighted by molar-refractivity contribution is 6.31. The summed E-state index contributed by atoms with van der Waals surface area (Å²) in [4.78, 5) is 21.1. The van der Waals surface area contributed by atoms with Crippen molar-refractivity contribution < 1.29 is 9.18 Å². The van der Waals surface area contributed by atoms with Crippen LogP contribution < -0.4 is 0 Å². The summed E-state index contributed by atoms with van der Waals surface area (Å²) in [6.07, 6.45) is 10.8. The van der Waals surface area contributed by atoms with E-state index in [0.717, 1.165) is 44.8 Å². The third-order valence-electron chi connectivity index (χ3n) is 9.90. The molecule has 0 aliphatic carbocycles. The number of rotatable bonds is 7. The second-order valence-corrected chi connectivity index (χ2v) is 13.1. The molecule has 3 aliphatic rings. The Morgan fingerprint density at radius 1 is 0.975 bits per heavy atom. The molecule has 3 heterocycles. The van der Waals surface area contributed by atoms with Gasteiger partial charge in [0.1, 0.15) is 5.82 Å². The molecule has 2 aromatic rings. The molecule has 0 radical (unpaired) electrons. The van der Waals surface area contributed by atoms with Crippen LogP contribution in [0.15, 0.2) is 36.4 Å². The lowest BCUT2D eigenvalue weighted by molar-refractivity contribution is -0.131. The Balaban J connectivity index is 1.33. The standard InChI is InChI=1S/C34H47ClFN3O/c1-26-11-12-27(2)30(23-26)34(16-22-37-20-13-28(14-21-37)38-17-5-3-6-18-38)15-4-7-19-39(25-34)33(40)24-29-31(35)9-8-10-32(29)36/h8-12,23,28H,3-7,13-22,24-25H2,1-2H3/t34-/m1/s1. The first-order valence-electron chi connectivity index (χ1n) is 15.6. The second kappa shape index (κ2) is 13.4. The molecule has 0 spiro atoms. The summed E-state index contributed by atoms with van der Waals surface area (Å²) in [5.41, 5.74) is 4.17. The Bertz CT molecular complexity index is 1140. The molecule has 0 bridgehead atoms. The van der Waals surface area contributed by atoms with Crippen LogP contribution in [0.25, 0.3) is 0 Å². The van der Waals surface area contributed by atoms with Crippen molar-refractivity contribution in [1.29, 1.82) is 0 Å². The van der Waals surface area contributed by atoms with E-state index in [4.69, 9.17) is 11.6 Å². The summed E-state index contributed by atoms with van der Waals surface area (Å²) < 4.78 is 14.6. The lowest BCUT2D eigenvalue weighted by Crippen LogP contribution is -2.48. The van der Waals surface area contributed by atoms with Crippen molar-refractivity contribution in [3.63, 3.8) is 0 Å². The summed E-state index contributed by atoms with van der Waals surface area (Å²) in [7, 11) is 0. The van der Waals surface area contributed by atoms with Gasteiger partial charge in [0, 0.05) is 35.1 Å². The Labute approximate surface area is 245 Å². The van der Waals surface area contributed by atoms with Crippen molar-refractivity contribution in [1.82, 2.24) is 14.7 Å². The van der Waals surface area contributed by atoms with Crippen molar-refractivity contribution in [2.75, 3.05) is 45.8 Å². The SMILES string of the molecule is Cc1ccc(C)c([C@@]2(CCN3CCC(N4CCCCC4)CC3)CCCCN(C(=O)Cc3c(F)cccc3Cl)C2)c1. The summed E-state index contributed by atoms with van der Waals surface area (Å²) in [5, 5.41) is 0.330. The minimum atomic E-state index is -0.399. The lowest BCUT2D eigenvalue weighted by Gasteiger charge is -2.43. The molecule has 1 amide bonds. The molecule has 0 unspecified atom stereocenters. The molecule has 218 valence electrons. The quantitative estimate of drug-likeness (QED) is 0.363. The molecule has 0 saturated carbocycles. The average molecular weight is 568 g/mol. The number of amides is 1. The van der Waals surface area contributed by atoms with E-state index in [1.165, 1.54) is 81.0 Å². The van der Waals surface area contributed by atoms with Gasteiger partial charge < -0.3 is 14.7 Å². The van der Waals surface area contributed by atoms with E-state index in [0.29, 0.717) is 17.1 Å². The van der Waals surface area contributed by atoms with Crippen LogP contribution in [0, 0.1) is 19.7 Å². The topological polar surface area (TPSA) is 26.8 Å². The zero-order chi connectivity index (χ0) is 28.1. The number of carbonyl (C=O) groups is 1. The van der Waals surface area contributed by atoms with Gasteiger partial charge in [-0.3, -0.25) is 4.79 Å². The molecule has 5 rings (SSSR count). The number of hydrogen-bond acceptors (Lipinski definition) is 3. The molecule has 1 atom stereocenters. The lowest BCUT2D eigenvalue weighted by atomic mass is 9.71. The molecule has 0 aromatic heterocycles. The van der Waals surface area contributed by atoms with Crippen LogP contribution in [0.4, 0.5) is 4.39 Å². The number of carbonyl (C=O) groups excluding carboxylic acids is 1. The first-order valence-corrected chi connectivity index (χ1v) is 16.0. The van der Waals surface area contributed by atoms with Crippen LogP contribution in [0.5, 0.6) is 0 Å². The summed E-state index contributed by atoms with van der Waals surface area (Å²) in [6.45, 7) is 11.7. The Hall–Kier alpha value is -1.95. The van der Waals surface area contributed by atoms with Gasteiger partial charge in [0.25, 0.3) is 0 Å². The zero-order valence-corrected chi connectivity index (χ0v) is 25.3. The summed E-state index contributed by atoms with van der Waals surface area (Å²) in [6, 6.07) is 12.2. The van der Waals surface area contributed by atoms with Gasteiger partial charge >= 0.3 is 0 Å². The minimum Gasteiger partial charge on any atom is -0.342 e. The van der Waals surface area contributed by atoms with Crippen LogP contribution in [0.1, 0.15) is 80.0 Å². The number of likely N-dealkylation sites (tertiary alicyclic amines) is 3. The van der Waals surface area contributed by atoms with Gasteiger partial charge in [-0.05, 0) is 115 Å². The fourth-order valence-corrected chi connectivity index (χ4v) is 7.73. The van der Waals surface area contributed by atoms with Crippen LogP contribution in [-0.4, -0.2) is 72.5 Å². The number of hydrogen-bond donors (Lipinski definition) is 0. The first-order chi connectivity index (χ1) is 19.3. The van der Waals surface area contributed by atoms with Crippen molar-refractivity contribution >= 4 is 17.5 Å². The van der Waals surface area contributed by atoms with Gasteiger partial charge in [-0.15, -0.1) is 0 Å². The first kappa shape index (κ1) is 29.5. The minimum absolute atomic E-state index is 0.0123. The van der Waals surface area contributed by atoms with Crippen molar-refractivity contribution in [3.05, 3.63) is 69.5 Å². The van der Waals surface area contributed by atoms with Gasteiger partial charge in [-0.2, -0.15) is 0 Å². The summed E-state index contributed by atoms with van der Waals surface area (Å²) >= 11 is 6.31. The van der Waals surface area contributed by atoms with E-state index in [2.05, 4.69) is 41.8 Å². The van der Waals surface area contributed by atoms with E-state index in [9.17, 15) is 9.18 Å². The number of aryl methyl sites for hydroxylation is 2. The summed E-state index contributed by atoms with van der Waals surface area (Å²) in [5.74, 6) is -0.421. The Morgan fingerprint density at radius 3 is 2.48 bits per heavy atom. The predicted octanol–water partition coefficient (Wildman–Crippen LogP) is 6.93. The van der Waals surface area contributed by atoms with Crippen LogP contribution in [-0.2, 0) is 16.6 Å². The Kier molecular flexibility index (Phi) is 9.86. The van der Waals surface area contributed by atoms with E-state index >= 15 is 0 Å². The number of benzene rings is 2. The fraction of sp³-hybridized carbons (Fsp3) is 0.618. The number of piperidine rings is 2. The van der Waals surface area contributed by atoms with Crippen LogP contribution in [0.3, 0.4) is 0 Å². The van der Waals surface area contributed by atoms with Crippen molar-refractivity contribution in [2.45, 2.75) is 89.5 Å². The fourth-order valence-electron chi connectivity index (χ4n) is 7.50. The molecular formula is C34H47ClFN3O. The molecule has 40 heavy (non-hydrogen) atoms. The predicted molar refractivity (Wildman–Crippen MR) is 163 cm³/mol. The number of nitrogens with zero attached hydrogens (tertiary/aromatic N) is 3. The number of halogens is 2. The van der Waals surface area contributed by atoms with Gasteiger partial charge in [0.15, 0.2) is 0 Å². The van der Waals surface area contributed by atoms with Gasteiger partial charge in [-0.25, -0.2) is 4.39 Å². The molecule has 0 N–H and O–H groups in total. The van der Waals surface area contributed by atoms with Crippen LogP contribution >= 0.6 is 11.6 Å². The van der Waals surface area contributed by atoms with Gasteiger partial charge in [0.2, 0.25) is 5.91 Å². The van der Waals surface area contributed by atoms with Crippen molar-refractivity contribution in [2.24, 2.45) is 0 Å². The van der Waals surface area contributed by atoms with Crippen molar-refractivity contribution in [3.8, 4) is 0 Å². The maximum Gasteiger partial charge on any atom is 0.227 e. The second-order valence-electron chi connectivity index (χ2n) is 12.7. The molecular weight excluding hydrogens is 521 g/mol. The monoisotopic (exact) mass is 567 g/mol. The molecule has 3 fully saturated rings.